The number of hydrogen-bond donors (Lipinski definition) is 1. The van der Waals surface area contributed by atoms with Crippen LogP contribution in [0.25, 0.3) is 17.4 Å². The van der Waals surface area contributed by atoms with Crippen molar-refractivity contribution in [3.63, 3.8) is 0 Å². The molecule has 1 aliphatic rings. The topological polar surface area (TPSA) is 88.9 Å². The Morgan fingerprint density at radius 3 is 2.55 bits per heavy atom. The summed E-state index contributed by atoms with van der Waals surface area (Å²) >= 11 is 5.87. The van der Waals surface area contributed by atoms with E-state index in [0.717, 1.165) is 10.5 Å². The summed E-state index contributed by atoms with van der Waals surface area (Å²) in [6, 6.07) is 14.5. The van der Waals surface area contributed by atoms with E-state index in [2.05, 4.69) is 5.32 Å². The third kappa shape index (κ3) is 3.83. The van der Waals surface area contributed by atoms with E-state index in [1.165, 1.54) is 13.2 Å². The summed E-state index contributed by atoms with van der Waals surface area (Å²) in [6.45, 7) is 1.80. The summed E-state index contributed by atoms with van der Waals surface area (Å²) < 4.78 is 10.7. The van der Waals surface area contributed by atoms with Crippen LogP contribution < -0.4 is 10.2 Å². The van der Waals surface area contributed by atoms with E-state index < -0.39 is 17.9 Å². The van der Waals surface area contributed by atoms with E-state index in [1.807, 2.05) is 6.07 Å². The van der Waals surface area contributed by atoms with Crippen molar-refractivity contribution in [3.05, 3.63) is 82.2 Å². The molecule has 1 aromatic heterocycles. The van der Waals surface area contributed by atoms with Gasteiger partial charge in [0.15, 0.2) is 0 Å². The van der Waals surface area contributed by atoms with Crippen molar-refractivity contribution in [2.75, 3.05) is 12.0 Å². The fourth-order valence-corrected chi connectivity index (χ4v) is 3.44. The van der Waals surface area contributed by atoms with Gasteiger partial charge in [0.05, 0.1) is 18.4 Å². The van der Waals surface area contributed by atoms with Crippen LogP contribution in [0.5, 0.6) is 0 Å². The third-order valence-corrected chi connectivity index (χ3v) is 5.13. The molecule has 31 heavy (non-hydrogen) atoms. The number of furan rings is 1. The zero-order valence-electron chi connectivity index (χ0n) is 16.6. The number of anilines is 1. The summed E-state index contributed by atoms with van der Waals surface area (Å²) in [5, 5.41) is 3.05. The Balaban J connectivity index is 1.62. The molecule has 0 saturated carbocycles. The van der Waals surface area contributed by atoms with E-state index in [-0.39, 0.29) is 5.70 Å². The molecule has 1 fully saturated rings. The van der Waals surface area contributed by atoms with Crippen LogP contribution in [0.4, 0.5) is 10.5 Å². The van der Waals surface area contributed by atoms with Gasteiger partial charge in [0.25, 0.3) is 5.91 Å². The van der Waals surface area contributed by atoms with Gasteiger partial charge < -0.3 is 14.5 Å². The highest BCUT2D eigenvalue weighted by Crippen LogP contribution is 2.29. The van der Waals surface area contributed by atoms with E-state index >= 15 is 0 Å². The molecule has 0 spiro atoms. The van der Waals surface area contributed by atoms with Crippen LogP contribution in [0.1, 0.15) is 21.7 Å². The zero-order valence-corrected chi connectivity index (χ0v) is 17.4. The fraction of sp³-hybridized carbons (Fsp3) is 0.0870. The van der Waals surface area contributed by atoms with Gasteiger partial charge in [0.2, 0.25) is 0 Å². The summed E-state index contributed by atoms with van der Waals surface area (Å²) in [5.74, 6) is -0.0511. The van der Waals surface area contributed by atoms with E-state index in [9.17, 15) is 14.4 Å². The second-order valence-corrected chi connectivity index (χ2v) is 7.21. The van der Waals surface area contributed by atoms with Crippen LogP contribution in [0.15, 0.2) is 64.7 Å². The smallest absolute Gasteiger partial charge is 0.338 e. The first kappa shape index (κ1) is 20.4. The largest absolute Gasteiger partial charge is 0.465 e. The Hall–Kier alpha value is -3.84. The number of ether oxygens (including phenoxy) is 1. The molecule has 1 aliphatic heterocycles. The number of nitrogens with zero attached hydrogens (tertiary/aromatic N) is 1. The molecule has 0 unspecified atom stereocenters. The molecule has 7 nitrogen and oxygen atoms in total. The highest BCUT2D eigenvalue weighted by atomic mass is 35.5. The minimum atomic E-state index is -0.563. The Kier molecular flexibility index (Phi) is 5.35. The molecule has 0 atom stereocenters. The summed E-state index contributed by atoms with van der Waals surface area (Å²) in [5.41, 5.74) is 2.36. The number of urea groups is 1. The quantitative estimate of drug-likeness (QED) is 0.361. The van der Waals surface area contributed by atoms with E-state index in [0.29, 0.717) is 33.4 Å². The van der Waals surface area contributed by atoms with Crippen molar-refractivity contribution < 1.29 is 23.5 Å². The second kappa shape index (κ2) is 8.12. The van der Waals surface area contributed by atoms with Crippen LogP contribution in [-0.4, -0.2) is 25.0 Å². The van der Waals surface area contributed by atoms with Gasteiger partial charge in [-0.15, -0.1) is 0 Å². The van der Waals surface area contributed by atoms with Crippen molar-refractivity contribution in [1.82, 2.24) is 5.32 Å². The van der Waals surface area contributed by atoms with E-state index in [4.69, 9.17) is 20.8 Å². The average molecular weight is 437 g/mol. The highest BCUT2D eigenvalue weighted by molar-refractivity contribution is 6.31. The Morgan fingerprint density at radius 1 is 1.10 bits per heavy atom. The van der Waals surface area contributed by atoms with Gasteiger partial charge >= 0.3 is 12.0 Å². The highest BCUT2D eigenvalue weighted by Gasteiger charge is 2.35. The third-order valence-electron chi connectivity index (χ3n) is 4.88. The van der Waals surface area contributed by atoms with E-state index in [1.54, 1.807) is 55.5 Å². The van der Waals surface area contributed by atoms with Gasteiger partial charge in [-0.25, -0.2) is 14.5 Å². The van der Waals surface area contributed by atoms with Crippen molar-refractivity contribution in [2.24, 2.45) is 0 Å². The van der Waals surface area contributed by atoms with Crippen molar-refractivity contribution in [3.8, 4) is 11.3 Å². The molecular weight excluding hydrogens is 420 g/mol. The maximum Gasteiger partial charge on any atom is 0.338 e. The average Bonchev–Trinajstić information content (AvgIpc) is 3.33. The van der Waals surface area contributed by atoms with Gasteiger partial charge in [-0.2, -0.15) is 0 Å². The maximum atomic E-state index is 12.7. The minimum absolute atomic E-state index is 0.0842. The van der Waals surface area contributed by atoms with Crippen LogP contribution in [-0.2, 0) is 9.53 Å². The lowest BCUT2D eigenvalue weighted by molar-refractivity contribution is -0.113. The van der Waals surface area contributed by atoms with Crippen molar-refractivity contribution in [2.45, 2.75) is 6.92 Å². The predicted octanol–water partition coefficient (Wildman–Crippen LogP) is 4.79. The lowest BCUT2D eigenvalue weighted by Crippen LogP contribution is -2.30. The van der Waals surface area contributed by atoms with Gasteiger partial charge in [-0.3, -0.25) is 4.79 Å². The van der Waals surface area contributed by atoms with Crippen molar-refractivity contribution >= 4 is 41.3 Å². The molecule has 0 aliphatic carbocycles. The number of carbonyl (C=O) groups is 3. The molecular formula is C23H17ClN2O5. The molecule has 4 rings (SSSR count). The second-order valence-electron chi connectivity index (χ2n) is 6.78. The molecule has 156 valence electrons. The SMILES string of the molecule is COC(=O)c1cccc(-c2ccc(/C=C3/NC(=O)N(c4ccc(Cl)cc4)C3=O)o2)c1C. The number of methoxy groups -OCH3 is 1. The number of hydrogen-bond acceptors (Lipinski definition) is 5. The number of esters is 1. The number of rotatable bonds is 4. The lowest BCUT2D eigenvalue weighted by atomic mass is 10.0. The van der Waals surface area contributed by atoms with Crippen LogP contribution in [0.2, 0.25) is 5.02 Å². The predicted molar refractivity (Wildman–Crippen MR) is 116 cm³/mol. The maximum absolute atomic E-state index is 12.7. The summed E-state index contributed by atoms with van der Waals surface area (Å²) in [4.78, 5) is 38.0. The first-order chi connectivity index (χ1) is 14.9. The van der Waals surface area contributed by atoms with Crippen LogP contribution in [0, 0.1) is 6.92 Å². The number of amides is 3. The first-order valence-corrected chi connectivity index (χ1v) is 9.67. The number of benzene rings is 2. The van der Waals surface area contributed by atoms with Gasteiger partial charge in [-0.1, -0.05) is 23.7 Å². The minimum Gasteiger partial charge on any atom is -0.465 e. The molecule has 3 aromatic rings. The van der Waals surface area contributed by atoms with Gasteiger partial charge in [0.1, 0.15) is 17.2 Å². The molecule has 2 heterocycles. The molecule has 8 heteroatoms. The number of nitrogens with one attached hydrogen (secondary N) is 1. The monoisotopic (exact) mass is 436 g/mol. The standard InChI is InChI=1S/C23H17ClN2O5/c1-13-17(4-3-5-18(13)22(28)30-2)20-11-10-16(31-20)12-19-21(27)26(23(29)25-19)15-8-6-14(24)7-9-15/h3-12H,1-2H3,(H,25,29)/b19-12+. The van der Waals surface area contributed by atoms with Crippen LogP contribution in [0.3, 0.4) is 0 Å². The molecule has 2 aromatic carbocycles. The Morgan fingerprint density at radius 2 is 1.84 bits per heavy atom. The molecule has 1 saturated heterocycles. The molecule has 3 amide bonds. The Bertz CT molecular complexity index is 1230. The normalized spacial score (nSPS) is 14.8. The number of carbonyl (C=O) groups excluding carboxylic acids is 3. The zero-order chi connectivity index (χ0) is 22.1. The molecule has 0 bridgehead atoms. The van der Waals surface area contributed by atoms with Crippen molar-refractivity contribution in [1.29, 1.82) is 0 Å². The van der Waals surface area contributed by atoms with Gasteiger partial charge in [0, 0.05) is 16.7 Å². The fourth-order valence-electron chi connectivity index (χ4n) is 3.31. The summed E-state index contributed by atoms with van der Waals surface area (Å²) in [6.07, 6.45) is 1.46. The van der Waals surface area contributed by atoms with Crippen LogP contribution >= 0.6 is 11.6 Å². The molecule has 1 N–H and O–H groups in total. The first-order valence-electron chi connectivity index (χ1n) is 9.30. The van der Waals surface area contributed by atoms with Gasteiger partial charge in [-0.05, 0) is 55.0 Å². The molecule has 0 radical (unpaired) electrons. The number of halogens is 1. The summed E-state index contributed by atoms with van der Waals surface area (Å²) in [7, 11) is 1.33. The number of imide groups is 1. The Labute approximate surface area is 182 Å². The lowest BCUT2D eigenvalue weighted by Gasteiger charge is -2.11.